The monoisotopic (exact) mass is 648 g/mol. The number of allylic oxidation sites excluding steroid dienone is 2. The van der Waals surface area contributed by atoms with Crippen LogP contribution in [0.25, 0.3) is 0 Å². The Morgan fingerprint density at radius 3 is 1.17 bits per heavy atom. The van der Waals surface area contributed by atoms with Crippen molar-refractivity contribution in [1.82, 2.24) is 0 Å². The molecule has 0 unspecified atom stereocenters. The molecule has 0 heterocycles. The summed E-state index contributed by atoms with van der Waals surface area (Å²) in [4.78, 5) is 0. The second-order valence-electron chi connectivity index (χ2n) is 7.79. The minimum absolute atomic E-state index is 0.250. The normalized spacial score (nSPS) is 11.1. The molecule has 0 bridgehead atoms. The van der Waals surface area contributed by atoms with Gasteiger partial charge in [0.05, 0.1) is 30.4 Å². The number of hydrogen-bond acceptors (Lipinski definition) is 2. The van der Waals surface area contributed by atoms with E-state index in [1.54, 1.807) is 12.5 Å². The molecule has 6 heteroatoms. The zero-order valence-corrected chi connectivity index (χ0v) is 23.6. The van der Waals surface area contributed by atoms with E-state index in [0.717, 1.165) is 51.7 Å². The first-order valence-electron chi connectivity index (χ1n) is 9.02. The van der Waals surface area contributed by atoms with Crippen molar-refractivity contribution in [2.24, 2.45) is 0 Å². The van der Waals surface area contributed by atoms with E-state index < -0.39 is 0 Å². The van der Waals surface area contributed by atoms with Crippen LogP contribution in [-0.2, 0) is 5.41 Å². The van der Waals surface area contributed by atoms with E-state index in [9.17, 15) is 0 Å². The average molecular weight is 652 g/mol. The molecule has 0 spiro atoms. The fourth-order valence-electron chi connectivity index (χ4n) is 2.59. The van der Waals surface area contributed by atoms with Crippen LogP contribution in [0.15, 0.2) is 65.8 Å². The predicted octanol–water partition coefficient (Wildman–Crippen LogP) is 9.67. The minimum Gasteiger partial charge on any atom is -0.463 e. The van der Waals surface area contributed by atoms with Gasteiger partial charge in [-0.15, -0.1) is 0 Å². The topological polar surface area (TPSA) is 18.5 Å². The van der Waals surface area contributed by atoms with E-state index in [4.69, 9.17) is 9.47 Å². The molecule has 156 valence electrons. The van der Waals surface area contributed by atoms with Crippen LogP contribution in [0.3, 0.4) is 0 Å². The molecule has 0 aromatic heterocycles. The van der Waals surface area contributed by atoms with Crippen LogP contribution in [0.1, 0.15) is 52.7 Å². The Morgan fingerprint density at radius 2 is 0.931 bits per heavy atom. The Morgan fingerprint density at radius 1 is 0.655 bits per heavy atom. The number of halogens is 4. The smallest absolute Gasteiger partial charge is 0.154 e. The van der Waals surface area contributed by atoms with Gasteiger partial charge in [-0.3, -0.25) is 0 Å². The van der Waals surface area contributed by atoms with E-state index in [-0.39, 0.29) is 5.41 Å². The summed E-state index contributed by atoms with van der Waals surface area (Å²) in [6.45, 7) is 12.4. The van der Waals surface area contributed by atoms with Crippen LogP contribution in [0.5, 0.6) is 11.5 Å². The lowest BCUT2D eigenvalue weighted by molar-refractivity contribution is 0.467. The molecule has 0 N–H and O–H groups in total. The summed E-state index contributed by atoms with van der Waals surface area (Å²) < 4.78 is 15.2. The molecule has 0 aliphatic rings. The molecular formula is C23H24Br4O2. The van der Waals surface area contributed by atoms with Gasteiger partial charge in [-0.2, -0.15) is 0 Å². The van der Waals surface area contributed by atoms with Gasteiger partial charge in [-0.25, -0.2) is 0 Å². The van der Waals surface area contributed by atoms with Gasteiger partial charge in [0.1, 0.15) is 0 Å². The molecular weight excluding hydrogens is 628 g/mol. The van der Waals surface area contributed by atoms with E-state index in [0.29, 0.717) is 0 Å². The molecule has 0 fully saturated rings. The highest BCUT2D eigenvalue weighted by Gasteiger charge is 2.27. The zero-order chi connectivity index (χ0) is 21.9. The van der Waals surface area contributed by atoms with Crippen molar-refractivity contribution in [2.75, 3.05) is 0 Å². The summed E-state index contributed by atoms with van der Waals surface area (Å²) in [6.07, 6.45) is 3.49. The van der Waals surface area contributed by atoms with Gasteiger partial charge in [0.15, 0.2) is 11.5 Å². The highest BCUT2D eigenvalue weighted by atomic mass is 79.9. The summed E-state index contributed by atoms with van der Waals surface area (Å²) in [5, 5.41) is 0. The molecule has 0 aliphatic carbocycles. The number of ether oxygens (including phenoxy) is 2. The summed E-state index contributed by atoms with van der Waals surface area (Å²) in [5.74, 6) is 1.53. The zero-order valence-electron chi connectivity index (χ0n) is 17.3. The van der Waals surface area contributed by atoms with Crippen molar-refractivity contribution >= 4 is 63.7 Å². The molecule has 2 rings (SSSR count). The third-order valence-electron chi connectivity index (χ3n) is 4.26. The van der Waals surface area contributed by atoms with Crippen molar-refractivity contribution in [1.29, 1.82) is 0 Å². The second kappa shape index (κ2) is 10.2. The Bertz CT molecular complexity index is 843. The van der Waals surface area contributed by atoms with Crippen molar-refractivity contribution in [2.45, 2.75) is 47.0 Å². The third-order valence-corrected chi connectivity index (χ3v) is 6.62. The highest BCUT2D eigenvalue weighted by molar-refractivity contribution is 9.11. The lowest BCUT2D eigenvalue weighted by Gasteiger charge is -2.28. The van der Waals surface area contributed by atoms with Gasteiger partial charge in [0.2, 0.25) is 0 Å². The maximum atomic E-state index is 5.81. The summed E-state index contributed by atoms with van der Waals surface area (Å²) >= 11 is 14.6. The predicted molar refractivity (Wildman–Crippen MR) is 136 cm³/mol. The van der Waals surface area contributed by atoms with Gasteiger partial charge < -0.3 is 9.47 Å². The number of rotatable bonds is 6. The minimum atomic E-state index is -0.250. The number of benzene rings is 2. The lowest BCUT2D eigenvalue weighted by Crippen LogP contribution is -2.19. The van der Waals surface area contributed by atoms with Crippen LogP contribution >= 0.6 is 63.7 Å². The van der Waals surface area contributed by atoms with E-state index in [2.05, 4.69) is 102 Å². The average Bonchev–Trinajstić information content (AvgIpc) is 2.59. The molecule has 0 saturated carbocycles. The second-order valence-corrected chi connectivity index (χ2v) is 11.2. The molecule has 2 nitrogen and oxygen atoms in total. The highest BCUT2D eigenvalue weighted by Crippen LogP contribution is 2.44. The Kier molecular flexibility index (Phi) is 8.66. The third kappa shape index (κ3) is 6.22. The molecule has 0 saturated heterocycles. The summed E-state index contributed by atoms with van der Waals surface area (Å²) in [7, 11) is 0. The summed E-state index contributed by atoms with van der Waals surface area (Å²) in [6, 6.07) is 8.42. The van der Waals surface area contributed by atoms with Gasteiger partial charge >= 0.3 is 0 Å². The van der Waals surface area contributed by atoms with Crippen molar-refractivity contribution in [3.8, 4) is 11.5 Å². The van der Waals surface area contributed by atoms with Crippen LogP contribution in [0.2, 0.25) is 0 Å². The molecule has 2 aromatic carbocycles. The van der Waals surface area contributed by atoms with Crippen molar-refractivity contribution in [3.63, 3.8) is 0 Å². The Balaban J connectivity index is 2.47. The van der Waals surface area contributed by atoms with Gasteiger partial charge in [-0.1, -0.05) is 13.8 Å². The molecule has 29 heavy (non-hydrogen) atoms. The molecule has 0 atom stereocenters. The fraction of sp³-hybridized carbons (Fsp3) is 0.304. The molecule has 2 aromatic rings. The quantitative estimate of drug-likeness (QED) is 0.290. The van der Waals surface area contributed by atoms with Crippen LogP contribution < -0.4 is 9.47 Å². The molecule has 0 aliphatic heterocycles. The Labute approximate surface area is 207 Å². The molecule has 0 amide bonds. The van der Waals surface area contributed by atoms with E-state index in [1.165, 1.54) is 0 Å². The standard InChI is InChI=1S/C23H24Br4O2/c1-13(2)11-28-21-17(24)7-15(8-18(21)25)23(5,6)16-9-19(26)22(20(27)10-16)29-12-14(3)4/h7-12H,1-6H3. The van der Waals surface area contributed by atoms with Gasteiger partial charge in [0, 0.05) is 5.41 Å². The van der Waals surface area contributed by atoms with Gasteiger partial charge in [-0.05, 0) is 138 Å². The van der Waals surface area contributed by atoms with Crippen molar-refractivity contribution in [3.05, 3.63) is 77.0 Å². The van der Waals surface area contributed by atoms with Crippen LogP contribution in [0, 0.1) is 0 Å². The van der Waals surface area contributed by atoms with E-state index in [1.807, 2.05) is 27.7 Å². The van der Waals surface area contributed by atoms with Crippen molar-refractivity contribution < 1.29 is 9.47 Å². The Hall–Kier alpha value is -0.560. The van der Waals surface area contributed by atoms with E-state index >= 15 is 0 Å². The van der Waals surface area contributed by atoms with Crippen LogP contribution in [0.4, 0.5) is 0 Å². The first-order valence-corrected chi connectivity index (χ1v) is 12.2. The molecule has 0 radical (unpaired) electrons. The lowest BCUT2D eigenvalue weighted by atomic mass is 9.78. The number of hydrogen-bond donors (Lipinski definition) is 0. The summed E-state index contributed by atoms with van der Waals surface area (Å²) in [5.41, 5.74) is 4.24. The first-order chi connectivity index (χ1) is 13.4. The largest absolute Gasteiger partial charge is 0.463 e. The SMILES string of the molecule is CC(C)=COc1c(Br)cc(C(C)(C)c2cc(Br)c(OC=C(C)C)c(Br)c2)cc1Br. The maximum Gasteiger partial charge on any atom is 0.154 e. The fourth-order valence-corrected chi connectivity index (χ4v) is 5.33. The first kappa shape index (κ1) is 24.7. The van der Waals surface area contributed by atoms with Crippen LogP contribution in [-0.4, -0.2) is 0 Å². The van der Waals surface area contributed by atoms with Gasteiger partial charge in [0.25, 0.3) is 0 Å². The maximum absolute atomic E-state index is 5.81.